The van der Waals surface area contributed by atoms with Gasteiger partial charge in [-0.1, -0.05) is 6.07 Å². The predicted octanol–water partition coefficient (Wildman–Crippen LogP) is 2.14. The summed E-state index contributed by atoms with van der Waals surface area (Å²) in [6, 6.07) is 8.34. The van der Waals surface area contributed by atoms with Gasteiger partial charge in [-0.3, -0.25) is 14.6 Å². The fourth-order valence-electron chi connectivity index (χ4n) is 2.08. The number of nitrogens with zero attached hydrogens (tertiary/aromatic N) is 2. The summed E-state index contributed by atoms with van der Waals surface area (Å²) >= 11 is 0. The number of nitrogens with one attached hydrogen (secondary N) is 1. The Morgan fingerprint density at radius 3 is 2.58 bits per heavy atom. The second kappa shape index (κ2) is 8.14. The van der Waals surface area contributed by atoms with E-state index < -0.39 is 17.5 Å². The number of halogens is 2. The summed E-state index contributed by atoms with van der Waals surface area (Å²) in [7, 11) is 0. The van der Waals surface area contributed by atoms with Gasteiger partial charge >= 0.3 is 0 Å². The van der Waals surface area contributed by atoms with E-state index in [1.807, 2.05) is 6.07 Å². The summed E-state index contributed by atoms with van der Waals surface area (Å²) in [5.74, 6) is -2.77. The van der Waals surface area contributed by atoms with Crippen molar-refractivity contribution < 1.29 is 18.4 Å². The Hall–Kier alpha value is -2.83. The van der Waals surface area contributed by atoms with E-state index in [2.05, 4.69) is 10.3 Å². The Morgan fingerprint density at radius 1 is 1.17 bits per heavy atom. The second-order valence-electron chi connectivity index (χ2n) is 5.15. The minimum atomic E-state index is -1.08. The van der Waals surface area contributed by atoms with E-state index in [1.165, 1.54) is 17.9 Å². The molecule has 0 saturated heterocycles. The summed E-state index contributed by atoms with van der Waals surface area (Å²) in [5, 5.41) is 2.57. The first-order chi connectivity index (χ1) is 11.5. The fourth-order valence-corrected chi connectivity index (χ4v) is 2.08. The number of pyridine rings is 1. The third-order valence-corrected chi connectivity index (χ3v) is 3.37. The molecule has 1 aromatic carbocycles. The summed E-state index contributed by atoms with van der Waals surface area (Å²) in [6.07, 6.45) is 1.64. The van der Waals surface area contributed by atoms with Crippen LogP contribution in [0.1, 0.15) is 23.0 Å². The van der Waals surface area contributed by atoms with Crippen LogP contribution in [-0.4, -0.2) is 34.8 Å². The largest absolute Gasteiger partial charge is 0.350 e. The minimum Gasteiger partial charge on any atom is -0.350 e. The molecule has 2 rings (SSSR count). The molecule has 0 radical (unpaired) electrons. The van der Waals surface area contributed by atoms with Crippen LogP contribution in [0.5, 0.6) is 0 Å². The maximum absolute atomic E-state index is 13.1. The lowest BCUT2D eigenvalue weighted by atomic mass is 10.2. The van der Waals surface area contributed by atoms with Crippen LogP contribution in [0.2, 0.25) is 0 Å². The quantitative estimate of drug-likeness (QED) is 0.881. The average Bonchev–Trinajstić information content (AvgIpc) is 2.57. The van der Waals surface area contributed by atoms with E-state index >= 15 is 0 Å². The lowest BCUT2D eigenvalue weighted by Crippen LogP contribution is -2.37. The molecule has 0 aliphatic heterocycles. The van der Waals surface area contributed by atoms with Crippen molar-refractivity contribution in [3.05, 3.63) is 65.5 Å². The van der Waals surface area contributed by atoms with Crippen LogP contribution in [0.25, 0.3) is 0 Å². The number of benzene rings is 1. The molecule has 1 N–H and O–H groups in total. The zero-order chi connectivity index (χ0) is 17.5. The molecule has 7 heteroatoms. The Morgan fingerprint density at radius 2 is 1.96 bits per heavy atom. The van der Waals surface area contributed by atoms with Crippen molar-refractivity contribution >= 4 is 11.8 Å². The predicted molar refractivity (Wildman–Crippen MR) is 84.0 cm³/mol. The van der Waals surface area contributed by atoms with Crippen LogP contribution in [0.4, 0.5) is 8.78 Å². The van der Waals surface area contributed by atoms with Gasteiger partial charge in [0.25, 0.3) is 5.91 Å². The molecular formula is C17H17F2N3O2. The molecule has 2 aromatic rings. The molecule has 1 heterocycles. The van der Waals surface area contributed by atoms with Crippen molar-refractivity contribution in [1.29, 1.82) is 0 Å². The van der Waals surface area contributed by atoms with Gasteiger partial charge in [0.1, 0.15) is 0 Å². The van der Waals surface area contributed by atoms with Gasteiger partial charge in [-0.15, -0.1) is 0 Å². The first-order valence-corrected chi connectivity index (χ1v) is 7.36. The Balaban J connectivity index is 1.89. The van der Waals surface area contributed by atoms with Crippen LogP contribution in [-0.2, 0) is 11.3 Å². The third kappa shape index (κ3) is 4.84. The average molecular weight is 333 g/mol. The molecule has 0 spiro atoms. The van der Waals surface area contributed by atoms with Gasteiger partial charge in [0.15, 0.2) is 11.6 Å². The van der Waals surface area contributed by atoms with E-state index in [9.17, 15) is 18.4 Å². The van der Waals surface area contributed by atoms with Crippen LogP contribution in [0, 0.1) is 11.6 Å². The molecule has 0 aliphatic rings. The fraction of sp³-hybridized carbons (Fsp3) is 0.235. The van der Waals surface area contributed by atoms with Gasteiger partial charge < -0.3 is 10.2 Å². The number of rotatable bonds is 6. The number of carbonyl (C=O) groups is 2. The van der Waals surface area contributed by atoms with E-state index in [1.54, 1.807) is 18.3 Å². The SMILES string of the molecule is CC(=O)N(CCNC(=O)c1ccc(F)c(F)c1)Cc1ccccn1. The molecule has 0 bridgehead atoms. The summed E-state index contributed by atoms with van der Waals surface area (Å²) in [5.41, 5.74) is 0.757. The van der Waals surface area contributed by atoms with Crippen LogP contribution >= 0.6 is 0 Å². The van der Waals surface area contributed by atoms with Crippen molar-refractivity contribution in [1.82, 2.24) is 15.2 Å². The molecule has 5 nitrogen and oxygen atoms in total. The zero-order valence-electron chi connectivity index (χ0n) is 13.1. The maximum atomic E-state index is 13.1. The summed E-state index contributed by atoms with van der Waals surface area (Å²) in [6.45, 7) is 2.23. The highest BCUT2D eigenvalue weighted by Gasteiger charge is 2.12. The normalized spacial score (nSPS) is 10.3. The molecule has 126 valence electrons. The molecule has 24 heavy (non-hydrogen) atoms. The monoisotopic (exact) mass is 333 g/mol. The first-order valence-electron chi connectivity index (χ1n) is 7.36. The Kier molecular flexibility index (Phi) is 5.95. The number of carbonyl (C=O) groups excluding carboxylic acids is 2. The first kappa shape index (κ1) is 17.5. The molecular weight excluding hydrogens is 316 g/mol. The highest BCUT2D eigenvalue weighted by atomic mass is 19.2. The zero-order valence-corrected chi connectivity index (χ0v) is 13.1. The minimum absolute atomic E-state index is 0.0213. The van der Waals surface area contributed by atoms with E-state index in [-0.39, 0.29) is 24.6 Å². The molecule has 0 saturated carbocycles. The van der Waals surface area contributed by atoms with Crippen molar-refractivity contribution in [3.63, 3.8) is 0 Å². The van der Waals surface area contributed by atoms with Gasteiger partial charge in [0, 0.05) is 31.8 Å². The smallest absolute Gasteiger partial charge is 0.251 e. The second-order valence-corrected chi connectivity index (χ2v) is 5.15. The lowest BCUT2D eigenvalue weighted by Gasteiger charge is -2.20. The number of hydrogen-bond acceptors (Lipinski definition) is 3. The summed E-state index contributed by atoms with van der Waals surface area (Å²) in [4.78, 5) is 29.3. The van der Waals surface area contributed by atoms with Gasteiger partial charge in [-0.05, 0) is 30.3 Å². The Bertz CT molecular complexity index is 723. The lowest BCUT2D eigenvalue weighted by molar-refractivity contribution is -0.129. The van der Waals surface area contributed by atoms with Crippen molar-refractivity contribution in [2.45, 2.75) is 13.5 Å². The number of aromatic nitrogens is 1. The van der Waals surface area contributed by atoms with E-state index in [4.69, 9.17) is 0 Å². The van der Waals surface area contributed by atoms with E-state index in [0.717, 1.165) is 17.8 Å². The topological polar surface area (TPSA) is 62.3 Å². The standard InChI is InChI=1S/C17H17F2N3O2/c1-12(23)22(11-14-4-2-3-7-20-14)9-8-21-17(24)13-5-6-15(18)16(19)10-13/h2-7,10H,8-9,11H2,1H3,(H,21,24). The van der Waals surface area contributed by atoms with Crippen LogP contribution in [0.3, 0.4) is 0 Å². The van der Waals surface area contributed by atoms with Crippen molar-refractivity contribution in [2.24, 2.45) is 0 Å². The van der Waals surface area contributed by atoms with Gasteiger partial charge in [-0.25, -0.2) is 8.78 Å². The number of hydrogen-bond donors (Lipinski definition) is 1. The third-order valence-electron chi connectivity index (χ3n) is 3.37. The van der Waals surface area contributed by atoms with E-state index in [0.29, 0.717) is 6.54 Å². The van der Waals surface area contributed by atoms with Crippen molar-refractivity contribution in [2.75, 3.05) is 13.1 Å². The maximum Gasteiger partial charge on any atom is 0.251 e. The molecule has 0 fully saturated rings. The number of amides is 2. The molecule has 1 aromatic heterocycles. The van der Waals surface area contributed by atoms with Crippen LogP contribution in [0.15, 0.2) is 42.6 Å². The molecule has 0 unspecified atom stereocenters. The summed E-state index contributed by atoms with van der Waals surface area (Å²) < 4.78 is 26.0. The Labute approximate surface area is 138 Å². The van der Waals surface area contributed by atoms with Gasteiger partial charge in [-0.2, -0.15) is 0 Å². The highest BCUT2D eigenvalue weighted by Crippen LogP contribution is 2.08. The molecule has 2 amide bonds. The highest BCUT2D eigenvalue weighted by molar-refractivity contribution is 5.94. The molecule has 0 atom stereocenters. The molecule has 0 aliphatic carbocycles. The van der Waals surface area contributed by atoms with Crippen molar-refractivity contribution in [3.8, 4) is 0 Å². The van der Waals surface area contributed by atoms with Gasteiger partial charge in [0.2, 0.25) is 5.91 Å². The van der Waals surface area contributed by atoms with Gasteiger partial charge in [0.05, 0.1) is 12.2 Å². The van der Waals surface area contributed by atoms with Crippen LogP contribution < -0.4 is 5.32 Å².